The van der Waals surface area contributed by atoms with Crippen LogP contribution in [0.5, 0.6) is 6.01 Å². The molecule has 0 aliphatic rings. The second-order valence-electron chi connectivity index (χ2n) is 9.40. The predicted molar refractivity (Wildman–Crippen MR) is 141 cm³/mol. The molecule has 7 heteroatoms. The van der Waals surface area contributed by atoms with E-state index in [1.54, 1.807) is 7.11 Å². The highest BCUT2D eigenvalue weighted by atomic mass is 16.5. The number of fused-ring (bicyclic) bond motifs is 1. The van der Waals surface area contributed by atoms with Crippen molar-refractivity contribution in [2.75, 3.05) is 40.1 Å². The Balaban J connectivity index is 2.03. The fraction of sp³-hybridized carbons (Fsp3) is 0.607. The number of nitrogens with zero attached hydrogens (tertiary/aromatic N) is 2. The van der Waals surface area contributed by atoms with Crippen molar-refractivity contribution in [3.63, 3.8) is 0 Å². The van der Waals surface area contributed by atoms with E-state index >= 15 is 0 Å². The molecule has 2 rings (SSSR count). The molecule has 7 nitrogen and oxygen atoms in total. The first-order chi connectivity index (χ1) is 16.8. The highest BCUT2D eigenvalue weighted by molar-refractivity contribution is 5.76. The van der Waals surface area contributed by atoms with E-state index in [0.29, 0.717) is 57.9 Å². The number of aliphatic hydroxyl groups excluding tert-OH is 1. The van der Waals surface area contributed by atoms with Gasteiger partial charge in [0.2, 0.25) is 0 Å². The van der Waals surface area contributed by atoms with E-state index in [-0.39, 0.29) is 0 Å². The molecule has 0 spiro atoms. The fourth-order valence-electron chi connectivity index (χ4n) is 3.91. The van der Waals surface area contributed by atoms with Crippen molar-refractivity contribution in [3.8, 4) is 6.01 Å². The number of hydrogen-bond acceptors (Lipinski definition) is 6. The Morgan fingerprint density at radius 1 is 1.09 bits per heavy atom. The third kappa shape index (κ3) is 10.1. The molecule has 0 saturated heterocycles. The van der Waals surface area contributed by atoms with E-state index < -0.39 is 12.2 Å². The van der Waals surface area contributed by atoms with Crippen LogP contribution in [-0.4, -0.2) is 67.0 Å². The lowest BCUT2D eigenvalue weighted by atomic mass is 9.93. The monoisotopic (exact) mass is 488 g/mol. The summed E-state index contributed by atoms with van der Waals surface area (Å²) in [5.41, 5.74) is 3.90. The summed E-state index contributed by atoms with van der Waals surface area (Å²) in [7, 11) is 1.65. The van der Waals surface area contributed by atoms with Gasteiger partial charge in [-0.3, -0.25) is 4.57 Å². The Bertz CT molecular complexity index is 919. The van der Waals surface area contributed by atoms with Gasteiger partial charge in [0, 0.05) is 7.11 Å². The number of methoxy groups -OCH3 is 1. The van der Waals surface area contributed by atoms with Crippen molar-refractivity contribution in [1.29, 1.82) is 0 Å². The van der Waals surface area contributed by atoms with Crippen LogP contribution in [0.15, 0.2) is 48.1 Å². The minimum Gasteiger partial charge on any atom is -0.454 e. The standard InChI is InChI=1S/C28H44N2O5/c1-21(2)10-9-11-23(5)20-26(31)27(22(3)4)35-28-29-24-12-7-8-13-25(24)30(28)14-15-33-18-19-34-17-16-32-6/h7-8,10,12-13,23,26-27,31H,3,9,11,14-20H2,1-2,4-6H3/t23?,26-,27-/m0/s1. The molecule has 0 radical (unpaired) electrons. The fourth-order valence-corrected chi connectivity index (χ4v) is 3.91. The molecule has 0 fully saturated rings. The largest absolute Gasteiger partial charge is 0.454 e. The lowest BCUT2D eigenvalue weighted by Crippen LogP contribution is -2.35. The summed E-state index contributed by atoms with van der Waals surface area (Å²) in [6, 6.07) is 8.38. The van der Waals surface area contributed by atoms with Crippen molar-refractivity contribution in [2.45, 2.75) is 65.7 Å². The van der Waals surface area contributed by atoms with E-state index in [1.165, 1.54) is 5.57 Å². The molecule has 0 aliphatic carbocycles. The Labute approximate surface area is 210 Å². The molecule has 0 bridgehead atoms. The van der Waals surface area contributed by atoms with E-state index in [0.717, 1.165) is 29.4 Å². The molecule has 1 aromatic carbocycles. The summed E-state index contributed by atoms with van der Waals surface area (Å²) in [6.07, 6.45) is 3.72. The number of benzene rings is 1. The van der Waals surface area contributed by atoms with E-state index in [9.17, 15) is 5.11 Å². The highest BCUT2D eigenvalue weighted by Gasteiger charge is 2.26. The van der Waals surface area contributed by atoms with Crippen LogP contribution < -0.4 is 4.74 Å². The van der Waals surface area contributed by atoms with Gasteiger partial charge in [-0.2, -0.15) is 4.98 Å². The first-order valence-electron chi connectivity index (χ1n) is 12.6. The Morgan fingerprint density at radius 2 is 1.77 bits per heavy atom. The van der Waals surface area contributed by atoms with Gasteiger partial charge in [0.05, 0.1) is 56.7 Å². The topological polar surface area (TPSA) is 75.0 Å². The number of ether oxygens (including phenoxy) is 4. The van der Waals surface area contributed by atoms with Crippen molar-refractivity contribution >= 4 is 11.0 Å². The van der Waals surface area contributed by atoms with Gasteiger partial charge in [-0.05, 0) is 63.7 Å². The minimum atomic E-state index is -0.664. The van der Waals surface area contributed by atoms with Crippen LogP contribution >= 0.6 is 0 Å². The number of imidazole rings is 1. The summed E-state index contributed by atoms with van der Waals surface area (Å²) < 4.78 is 24.5. The second-order valence-corrected chi connectivity index (χ2v) is 9.40. The van der Waals surface area contributed by atoms with Crippen LogP contribution in [0.25, 0.3) is 11.0 Å². The molecule has 0 saturated carbocycles. The van der Waals surface area contributed by atoms with Gasteiger partial charge >= 0.3 is 0 Å². The van der Waals surface area contributed by atoms with Crippen molar-refractivity contribution < 1.29 is 24.1 Å². The Hall–Kier alpha value is -2.19. The van der Waals surface area contributed by atoms with Gasteiger partial charge in [-0.15, -0.1) is 0 Å². The zero-order valence-electron chi connectivity index (χ0n) is 22.2. The van der Waals surface area contributed by atoms with Gasteiger partial charge in [-0.1, -0.05) is 37.3 Å². The number of aliphatic hydroxyl groups is 1. The normalized spacial score (nSPS) is 14.0. The summed E-state index contributed by atoms with van der Waals surface area (Å²) in [5, 5.41) is 11.0. The van der Waals surface area contributed by atoms with Gasteiger partial charge in [0.15, 0.2) is 0 Å². The van der Waals surface area contributed by atoms with Crippen molar-refractivity contribution in [1.82, 2.24) is 9.55 Å². The minimum absolute atomic E-state index is 0.365. The maximum absolute atomic E-state index is 11.0. The van der Waals surface area contributed by atoms with Crippen LogP contribution in [-0.2, 0) is 20.8 Å². The maximum Gasteiger partial charge on any atom is 0.298 e. The van der Waals surface area contributed by atoms with E-state index in [4.69, 9.17) is 23.9 Å². The van der Waals surface area contributed by atoms with Gasteiger partial charge in [0.25, 0.3) is 6.01 Å². The molecular formula is C28H44N2O5. The second kappa shape index (κ2) is 15.7. The lowest BCUT2D eigenvalue weighted by molar-refractivity contribution is 0.0202. The molecule has 1 aromatic heterocycles. The molecule has 35 heavy (non-hydrogen) atoms. The van der Waals surface area contributed by atoms with Gasteiger partial charge in [0.1, 0.15) is 6.10 Å². The van der Waals surface area contributed by atoms with Crippen molar-refractivity contribution in [2.24, 2.45) is 5.92 Å². The number of aromatic nitrogens is 2. The lowest BCUT2D eigenvalue weighted by Gasteiger charge is -2.26. The van der Waals surface area contributed by atoms with Crippen LogP contribution in [0.1, 0.15) is 47.0 Å². The molecule has 0 aliphatic heterocycles. The van der Waals surface area contributed by atoms with Gasteiger partial charge < -0.3 is 24.1 Å². The average molecular weight is 489 g/mol. The summed E-state index contributed by atoms with van der Waals surface area (Å²) >= 11 is 0. The molecule has 1 N–H and O–H groups in total. The van der Waals surface area contributed by atoms with Crippen molar-refractivity contribution in [3.05, 3.63) is 48.1 Å². The highest BCUT2D eigenvalue weighted by Crippen LogP contribution is 2.26. The van der Waals surface area contributed by atoms with Crippen LogP contribution in [0.4, 0.5) is 0 Å². The SMILES string of the molecule is C=C(C)[C@H](Oc1nc2ccccc2n1CCOCCOCCOC)[C@@H](O)CC(C)CCC=C(C)C. The number of allylic oxidation sites excluding steroid dienone is 2. The maximum atomic E-state index is 11.0. The summed E-state index contributed by atoms with van der Waals surface area (Å²) in [5.74, 6) is 0.365. The first kappa shape index (κ1) is 29.0. The van der Waals surface area contributed by atoms with Crippen LogP contribution in [0, 0.1) is 5.92 Å². The first-order valence-corrected chi connectivity index (χ1v) is 12.6. The molecule has 3 atom stereocenters. The zero-order valence-corrected chi connectivity index (χ0v) is 22.2. The number of rotatable bonds is 18. The third-order valence-electron chi connectivity index (χ3n) is 5.81. The van der Waals surface area contributed by atoms with Crippen LogP contribution in [0.3, 0.4) is 0 Å². The van der Waals surface area contributed by atoms with Gasteiger partial charge in [-0.25, -0.2) is 0 Å². The Morgan fingerprint density at radius 3 is 2.46 bits per heavy atom. The summed E-state index contributed by atoms with van der Waals surface area (Å²) in [6.45, 7) is 15.6. The molecule has 1 heterocycles. The predicted octanol–water partition coefficient (Wildman–Crippen LogP) is 5.17. The quantitative estimate of drug-likeness (QED) is 0.230. The number of para-hydroxylation sites is 2. The Kier molecular flexibility index (Phi) is 13.1. The van der Waals surface area contributed by atoms with E-state index in [1.807, 2.05) is 35.8 Å². The number of hydrogen-bond donors (Lipinski definition) is 1. The average Bonchev–Trinajstić information content (AvgIpc) is 3.15. The van der Waals surface area contributed by atoms with Crippen LogP contribution in [0.2, 0.25) is 0 Å². The molecule has 196 valence electrons. The molecule has 1 unspecified atom stereocenters. The molecule has 2 aromatic rings. The smallest absolute Gasteiger partial charge is 0.298 e. The third-order valence-corrected chi connectivity index (χ3v) is 5.81. The summed E-state index contributed by atoms with van der Waals surface area (Å²) in [4.78, 5) is 4.70. The molecular weight excluding hydrogens is 444 g/mol. The molecule has 0 amide bonds. The van der Waals surface area contributed by atoms with E-state index in [2.05, 4.69) is 33.4 Å². The zero-order chi connectivity index (χ0) is 25.6.